The van der Waals surface area contributed by atoms with Crippen LogP contribution in [0.25, 0.3) is 0 Å². The van der Waals surface area contributed by atoms with Crippen molar-refractivity contribution in [2.45, 2.75) is 13.2 Å². The second kappa shape index (κ2) is 7.68. The van der Waals surface area contributed by atoms with Gasteiger partial charge in [-0.2, -0.15) is 0 Å². The van der Waals surface area contributed by atoms with Crippen LogP contribution < -0.4 is 10.1 Å². The first-order valence-corrected chi connectivity index (χ1v) is 5.78. The standard InChI is InChI=1S/C13H19NO4/c1-4-18-11-7-5-10(6-8-11)13(15)14-9-12(16-2)17-3/h5-8,12H,4,9H2,1-3H3,(H,14,15). The molecule has 0 aromatic heterocycles. The number of hydrogen-bond donors (Lipinski definition) is 1. The van der Waals surface area contributed by atoms with Gasteiger partial charge in [0.05, 0.1) is 13.2 Å². The number of carbonyl (C=O) groups excluding carboxylic acids is 1. The van der Waals surface area contributed by atoms with Crippen LogP contribution in [0.1, 0.15) is 17.3 Å². The van der Waals surface area contributed by atoms with Crippen molar-refractivity contribution in [1.29, 1.82) is 0 Å². The molecule has 0 bridgehead atoms. The van der Waals surface area contributed by atoms with Crippen molar-refractivity contribution in [3.05, 3.63) is 29.8 Å². The minimum Gasteiger partial charge on any atom is -0.494 e. The third kappa shape index (κ3) is 4.35. The SMILES string of the molecule is CCOc1ccc(C(=O)NCC(OC)OC)cc1. The normalized spacial score (nSPS) is 10.4. The molecule has 18 heavy (non-hydrogen) atoms. The summed E-state index contributed by atoms with van der Waals surface area (Å²) in [5.74, 6) is 0.581. The lowest BCUT2D eigenvalue weighted by molar-refractivity contribution is -0.0974. The lowest BCUT2D eigenvalue weighted by Crippen LogP contribution is -2.34. The average Bonchev–Trinajstić information content (AvgIpc) is 2.41. The largest absolute Gasteiger partial charge is 0.494 e. The van der Waals surface area contributed by atoms with Gasteiger partial charge >= 0.3 is 0 Å². The molecular formula is C13H19NO4. The third-order valence-electron chi connectivity index (χ3n) is 2.38. The molecule has 1 aromatic rings. The van der Waals surface area contributed by atoms with Gasteiger partial charge in [0.2, 0.25) is 0 Å². The number of ether oxygens (including phenoxy) is 3. The summed E-state index contributed by atoms with van der Waals surface area (Å²) in [6.45, 7) is 2.82. The van der Waals surface area contributed by atoms with Crippen LogP contribution in [0.15, 0.2) is 24.3 Å². The Balaban J connectivity index is 2.51. The molecule has 0 heterocycles. The summed E-state index contributed by atoms with van der Waals surface area (Å²) in [5, 5.41) is 2.72. The van der Waals surface area contributed by atoms with Crippen molar-refractivity contribution >= 4 is 5.91 Å². The van der Waals surface area contributed by atoms with E-state index in [0.29, 0.717) is 18.7 Å². The summed E-state index contributed by atoms with van der Waals surface area (Å²) in [6, 6.07) is 6.97. The third-order valence-corrected chi connectivity index (χ3v) is 2.38. The Hall–Kier alpha value is -1.59. The zero-order chi connectivity index (χ0) is 13.4. The topological polar surface area (TPSA) is 56.8 Å². The molecule has 1 N–H and O–H groups in total. The minimum absolute atomic E-state index is 0.169. The lowest BCUT2D eigenvalue weighted by atomic mass is 10.2. The van der Waals surface area contributed by atoms with E-state index in [-0.39, 0.29) is 5.91 Å². The van der Waals surface area contributed by atoms with Crippen molar-refractivity contribution in [2.24, 2.45) is 0 Å². The van der Waals surface area contributed by atoms with Gasteiger partial charge in [0, 0.05) is 19.8 Å². The van der Waals surface area contributed by atoms with E-state index >= 15 is 0 Å². The molecule has 0 radical (unpaired) electrons. The van der Waals surface area contributed by atoms with Crippen LogP contribution in [0.2, 0.25) is 0 Å². The summed E-state index contributed by atoms with van der Waals surface area (Å²) in [5.41, 5.74) is 0.574. The minimum atomic E-state index is -0.434. The Bertz CT molecular complexity index is 360. The van der Waals surface area contributed by atoms with Crippen molar-refractivity contribution in [3.63, 3.8) is 0 Å². The number of nitrogens with one attached hydrogen (secondary N) is 1. The molecule has 0 saturated carbocycles. The second-order valence-corrected chi connectivity index (χ2v) is 3.57. The number of rotatable bonds is 7. The van der Waals surface area contributed by atoms with Crippen LogP contribution >= 0.6 is 0 Å². The zero-order valence-corrected chi connectivity index (χ0v) is 10.9. The molecule has 5 nitrogen and oxygen atoms in total. The Labute approximate surface area is 107 Å². The smallest absolute Gasteiger partial charge is 0.251 e. The number of hydrogen-bond acceptors (Lipinski definition) is 4. The van der Waals surface area contributed by atoms with Crippen molar-refractivity contribution in [1.82, 2.24) is 5.32 Å². The fourth-order valence-corrected chi connectivity index (χ4v) is 1.41. The summed E-state index contributed by atoms with van der Waals surface area (Å²) in [4.78, 5) is 11.8. The molecule has 1 amide bonds. The Morgan fingerprint density at radius 2 is 1.83 bits per heavy atom. The first kappa shape index (κ1) is 14.5. The molecule has 0 unspecified atom stereocenters. The monoisotopic (exact) mass is 253 g/mol. The highest BCUT2D eigenvalue weighted by Gasteiger charge is 2.09. The molecule has 0 aliphatic heterocycles. The molecule has 1 rings (SSSR count). The maximum absolute atomic E-state index is 11.8. The number of methoxy groups -OCH3 is 2. The van der Waals surface area contributed by atoms with E-state index in [1.165, 1.54) is 14.2 Å². The van der Waals surface area contributed by atoms with Gasteiger partial charge in [-0.15, -0.1) is 0 Å². The highest BCUT2D eigenvalue weighted by molar-refractivity contribution is 5.94. The van der Waals surface area contributed by atoms with Crippen LogP contribution in [-0.2, 0) is 9.47 Å². The van der Waals surface area contributed by atoms with Gasteiger partial charge < -0.3 is 19.5 Å². The number of amides is 1. The van der Waals surface area contributed by atoms with E-state index < -0.39 is 6.29 Å². The van der Waals surface area contributed by atoms with E-state index in [0.717, 1.165) is 5.75 Å². The number of carbonyl (C=O) groups is 1. The van der Waals surface area contributed by atoms with Gasteiger partial charge in [-0.1, -0.05) is 0 Å². The highest BCUT2D eigenvalue weighted by Crippen LogP contribution is 2.11. The van der Waals surface area contributed by atoms with Crippen molar-refractivity contribution in [3.8, 4) is 5.75 Å². The summed E-state index contributed by atoms with van der Waals surface area (Å²) in [7, 11) is 3.05. The van der Waals surface area contributed by atoms with E-state index in [9.17, 15) is 4.79 Å². The predicted molar refractivity (Wildman–Crippen MR) is 67.8 cm³/mol. The van der Waals surface area contributed by atoms with Gasteiger partial charge in [-0.05, 0) is 31.2 Å². The quantitative estimate of drug-likeness (QED) is 0.747. The molecule has 5 heteroatoms. The molecule has 100 valence electrons. The second-order valence-electron chi connectivity index (χ2n) is 3.57. The molecule has 1 aromatic carbocycles. The maximum atomic E-state index is 11.8. The van der Waals surface area contributed by atoms with Gasteiger partial charge in [0.25, 0.3) is 5.91 Å². The van der Waals surface area contributed by atoms with Crippen molar-refractivity contribution in [2.75, 3.05) is 27.4 Å². The average molecular weight is 253 g/mol. The summed E-state index contributed by atoms with van der Waals surface area (Å²) >= 11 is 0. The fourth-order valence-electron chi connectivity index (χ4n) is 1.41. The summed E-state index contributed by atoms with van der Waals surface area (Å²) in [6.07, 6.45) is -0.434. The van der Waals surface area contributed by atoms with E-state index in [2.05, 4.69) is 5.32 Å². The molecule has 0 saturated heterocycles. The van der Waals surface area contributed by atoms with Crippen molar-refractivity contribution < 1.29 is 19.0 Å². The van der Waals surface area contributed by atoms with Gasteiger partial charge in [-0.3, -0.25) is 4.79 Å². The summed E-state index contributed by atoms with van der Waals surface area (Å²) < 4.78 is 15.3. The molecule has 0 spiro atoms. The predicted octanol–water partition coefficient (Wildman–Crippen LogP) is 1.43. The molecule has 0 aliphatic rings. The van der Waals surface area contributed by atoms with Crippen LogP contribution in [-0.4, -0.2) is 39.6 Å². The van der Waals surface area contributed by atoms with Gasteiger partial charge in [-0.25, -0.2) is 0 Å². The van der Waals surface area contributed by atoms with E-state index in [4.69, 9.17) is 14.2 Å². The molecule has 0 aliphatic carbocycles. The van der Waals surface area contributed by atoms with E-state index in [1.54, 1.807) is 24.3 Å². The first-order chi connectivity index (χ1) is 8.71. The van der Waals surface area contributed by atoms with Crippen LogP contribution in [0, 0.1) is 0 Å². The van der Waals surface area contributed by atoms with Gasteiger partial charge in [0.1, 0.15) is 5.75 Å². The number of benzene rings is 1. The Kier molecular flexibility index (Phi) is 6.18. The Morgan fingerprint density at radius 1 is 1.22 bits per heavy atom. The first-order valence-electron chi connectivity index (χ1n) is 5.78. The van der Waals surface area contributed by atoms with E-state index in [1.807, 2.05) is 6.92 Å². The highest BCUT2D eigenvalue weighted by atomic mass is 16.7. The maximum Gasteiger partial charge on any atom is 0.251 e. The lowest BCUT2D eigenvalue weighted by Gasteiger charge is -2.14. The fraction of sp³-hybridized carbons (Fsp3) is 0.462. The Morgan fingerprint density at radius 3 is 2.33 bits per heavy atom. The molecule has 0 atom stereocenters. The molecular weight excluding hydrogens is 234 g/mol. The molecule has 0 fully saturated rings. The van der Waals surface area contributed by atoms with Crippen LogP contribution in [0.4, 0.5) is 0 Å². The zero-order valence-electron chi connectivity index (χ0n) is 10.9. The van der Waals surface area contributed by atoms with Gasteiger partial charge in [0.15, 0.2) is 6.29 Å². The van der Waals surface area contributed by atoms with Crippen LogP contribution in [0.5, 0.6) is 5.75 Å². The van der Waals surface area contributed by atoms with Crippen LogP contribution in [0.3, 0.4) is 0 Å².